The normalized spacial score (nSPS) is 24.4. The van der Waals surface area contributed by atoms with Crippen LogP contribution in [-0.4, -0.2) is 83.2 Å². The van der Waals surface area contributed by atoms with Crippen molar-refractivity contribution in [3.63, 3.8) is 0 Å². The summed E-state index contributed by atoms with van der Waals surface area (Å²) >= 11 is 0. The van der Waals surface area contributed by atoms with Crippen LogP contribution in [0.1, 0.15) is 82.4 Å². The van der Waals surface area contributed by atoms with Crippen LogP contribution in [0.25, 0.3) is 10.9 Å². The number of amides is 2. The fraction of sp³-hybridized carbons (Fsp3) is 0.511. The Morgan fingerprint density at radius 1 is 1.05 bits per heavy atom. The first-order valence-corrected chi connectivity index (χ1v) is 20.5. The molecule has 1 aromatic heterocycles. The Hall–Kier alpha value is -4.58. The molecule has 0 bridgehead atoms. The summed E-state index contributed by atoms with van der Waals surface area (Å²) in [5.41, 5.74) is 4.73. The third-order valence-corrected chi connectivity index (χ3v) is 11.4. The van der Waals surface area contributed by atoms with Crippen molar-refractivity contribution in [2.45, 2.75) is 89.5 Å². The molecule has 2 amide bonds. The lowest BCUT2D eigenvalue weighted by molar-refractivity contribution is -0.254. The van der Waals surface area contributed by atoms with Crippen LogP contribution in [0.2, 0.25) is 0 Å². The third-order valence-electron chi connectivity index (χ3n) is 11.4. The first-order valence-electron chi connectivity index (χ1n) is 20.5. The summed E-state index contributed by atoms with van der Waals surface area (Å²) in [7, 11) is 0. The number of benzene rings is 2. The molecule has 4 N–H and O–H groups in total. The lowest BCUT2D eigenvalue weighted by Gasteiger charge is -2.60. The predicted molar refractivity (Wildman–Crippen MR) is 220 cm³/mol. The van der Waals surface area contributed by atoms with Gasteiger partial charge in [-0.3, -0.25) is 0 Å². The van der Waals surface area contributed by atoms with Crippen LogP contribution in [-0.2, 0) is 16.1 Å². The topological polar surface area (TPSA) is 138 Å². The van der Waals surface area contributed by atoms with Gasteiger partial charge in [-0.2, -0.15) is 0 Å². The number of unbranched alkanes of at least 4 members (excludes halogenated alkanes) is 2. The van der Waals surface area contributed by atoms with E-state index in [2.05, 4.69) is 54.7 Å². The smallest absolute Gasteiger partial charge is 0.318 e. The lowest BCUT2D eigenvalue weighted by atomic mass is 9.55. The highest BCUT2D eigenvalue weighted by molar-refractivity contribution is 6.03. The molecular weight excluding hydrogens is 709 g/mol. The van der Waals surface area contributed by atoms with Crippen molar-refractivity contribution in [2.24, 2.45) is 22.9 Å². The quantitative estimate of drug-likeness (QED) is 0.0490. The molecule has 6 atom stereocenters. The van der Waals surface area contributed by atoms with E-state index in [0.29, 0.717) is 63.5 Å². The largest absolute Gasteiger partial charge is 0.490 e. The number of rotatable bonds is 21. The van der Waals surface area contributed by atoms with E-state index < -0.39 is 11.8 Å². The molecule has 1 saturated carbocycles. The average Bonchev–Trinajstić information content (AvgIpc) is 3.64. The first-order chi connectivity index (χ1) is 27.4. The minimum atomic E-state index is -1.31. The molecule has 1 aliphatic heterocycles. The number of carbonyl (C=O) groups excluding carboxylic acids is 1. The minimum absolute atomic E-state index is 0.121. The van der Waals surface area contributed by atoms with Gasteiger partial charge in [0.1, 0.15) is 30.8 Å². The number of para-hydroxylation sites is 1. The van der Waals surface area contributed by atoms with E-state index in [4.69, 9.17) is 24.2 Å². The Labute approximate surface area is 331 Å². The van der Waals surface area contributed by atoms with E-state index in [1.807, 2.05) is 42.2 Å². The molecular formula is C45H60N4O7. The number of aliphatic hydroxyl groups excluding tert-OH is 2. The van der Waals surface area contributed by atoms with Crippen LogP contribution in [0.15, 0.2) is 90.6 Å². The Morgan fingerprint density at radius 2 is 1.84 bits per heavy atom. The molecule has 1 fully saturated rings. The zero-order valence-electron chi connectivity index (χ0n) is 33.1. The van der Waals surface area contributed by atoms with Crippen molar-refractivity contribution >= 4 is 22.6 Å². The molecule has 11 nitrogen and oxygen atoms in total. The average molecular weight is 769 g/mol. The number of aromatic amines is 1. The zero-order valence-corrected chi connectivity index (χ0v) is 33.1. The number of fused-ring (bicyclic) bond motifs is 3. The second-order valence-corrected chi connectivity index (χ2v) is 15.0. The molecule has 302 valence electrons. The first kappa shape index (κ1) is 41.1. The molecule has 2 heterocycles. The summed E-state index contributed by atoms with van der Waals surface area (Å²) in [6, 6.07) is 15.3. The van der Waals surface area contributed by atoms with Crippen LogP contribution in [0, 0.1) is 17.8 Å². The maximum absolute atomic E-state index is 14.6. The number of hydrogen-bond donors (Lipinski definition) is 4. The number of ether oxygens (including phenoxy) is 3. The molecule has 3 aromatic rings. The predicted octanol–water partition coefficient (Wildman–Crippen LogP) is 8.01. The van der Waals surface area contributed by atoms with Gasteiger partial charge in [0.05, 0.1) is 24.8 Å². The van der Waals surface area contributed by atoms with Gasteiger partial charge in [-0.1, -0.05) is 67.9 Å². The van der Waals surface area contributed by atoms with Crippen LogP contribution in [0.5, 0.6) is 11.5 Å². The summed E-state index contributed by atoms with van der Waals surface area (Å²) in [6.07, 6.45) is 11.7. The van der Waals surface area contributed by atoms with Crippen molar-refractivity contribution in [2.75, 3.05) is 39.6 Å². The molecule has 6 rings (SSSR count). The van der Waals surface area contributed by atoms with Gasteiger partial charge in [0.15, 0.2) is 0 Å². The van der Waals surface area contributed by atoms with E-state index in [9.17, 15) is 15.0 Å². The number of urea groups is 1. The number of nitrogens with zero attached hydrogens (tertiary/aromatic N) is 2. The second-order valence-electron chi connectivity index (χ2n) is 15.0. The summed E-state index contributed by atoms with van der Waals surface area (Å²) in [5, 5.41) is 28.8. The fourth-order valence-electron chi connectivity index (χ4n) is 9.18. The molecule has 6 unspecified atom stereocenters. The summed E-state index contributed by atoms with van der Waals surface area (Å²) in [5.74, 6) is -0.140. The van der Waals surface area contributed by atoms with Gasteiger partial charge >= 0.3 is 6.03 Å². The van der Waals surface area contributed by atoms with Gasteiger partial charge in [0.25, 0.3) is 0 Å². The van der Waals surface area contributed by atoms with E-state index in [1.54, 1.807) is 12.2 Å². The highest BCUT2D eigenvalue weighted by Gasteiger charge is 2.65. The summed E-state index contributed by atoms with van der Waals surface area (Å²) in [6.45, 7) is 13.8. The standard InChI is InChI=1S/C45H60N4O7/c1-5-21-49(44(52)46-30-33-26-32-16-9-10-18-38(32)47-33)41-29-39(48-55-8-4)36-27-31(15-11-13-22-50)35(17-12-14-23-51)42-37-28-34(53-24-6-2)19-20-40(37)56-45(41,43(36)42)54-25-7-3/h6-7,9-10,16,18-20,26-28,31,35,41-43,47,50-51H,2-3,5,8,11-15,17,21-25,29-30H2,1,4H3,(H,46,52). The van der Waals surface area contributed by atoms with Gasteiger partial charge < -0.3 is 44.5 Å². The Bertz CT molecular complexity index is 1820. The molecule has 2 aromatic carbocycles. The van der Waals surface area contributed by atoms with Crippen molar-refractivity contribution in [3.05, 3.63) is 96.7 Å². The van der Waals surface area contributed by atoms with Gasteiger partial charge in [-0.05, 0) is 92.2 Å². The highest BCUT2D eigenvalue weighted by Crippen LogP contribution is 2.62. The summed E-state index contributed by atoms with van der Waals surface area (Å²) < 4.78 is 20.4. The fourth-order valence-corrected chi connectivity index (χ4v) is 9.18. The monoisotopic (exact) mass is 768 g/mol. The Balaban J connectivity index is 1.51. The third kappa shape index (κ3) is 8.70. The van der Waals surface area contributed by atoms with Gasteiger partial charge in [0, 0.05) is 48.9 Å². The van der Waals surface area contributed by atoms with Gasteiger partial charge in [0.2, 0.25) is 5.79 Å². The Kier molecular flexibility index (Phi) is 14.3. The maximum Gasteiger partial charge on any atom is 0.318 e. The van der Waals surface area contributed by atoms with Gasteiger partial charge in [-0.25, -0.2) is 4.79 Å². The second kappa shape index (κ2) is 19.5. The number of carbonyl (C=O) groups is 1. The molecule has 2 aliphatic carbocycles. The van der Waals surface area contributed by atoms with Gasteiger partial charge in [-0.15, -0.1) is 6.58 Å². The molecule has 56 heavy (non-hydrogen) atoms. The van der Waals surface area contributed by atoms with E-state index in [1.165, 1.54) is 0 Å². The van der Waals surface area contributed by atoms with Crippen LogP contribution >= 0.6 is 0 Å². The van der Waals surface area contributed by atoms with Crippen molar-refractivity contribution in [1.29, 1.82) is 0 Å². The van der Waals surface area contributed by atoms with E-state index in [-0.39, 0.29) is 49.5 Å². The highest BCUT2D eigenvalue weighted by atomic mass is 16.7. The Morgan fingerprint density at radius 3 is 2.57 bits per heavy atom. The van der Waals surface area contributed by atoms with Crippen molar-refractivity contribution < 1.29 is 34.1 Å². The summed E-state index contributed by atoms with van der Waals surface area (Å²) in [4.78, 5) is 25.8. The molecule has 0 radical (unpaired) electrons. The van der Waals surface area contributed by atoms with E-state index in [0.717, 1.165) is 59.1 Å². The zero-order chi connectivity index (χ0) is 39.5. The number of nitrogens with one attached hydrogen (secondary N) is 2. The van der Waals surface area contributed by atoms with Crippen LogP contribution in [0.3, 0.4) is 0 Å². The van der Waals surface area contributed by atoms with Crippen molar-refractivity contribution in [1.82, 2.24) is 15.2 Å². The lowest BCUT2D eigenvalue weighted by Crippen LogP contribution is -2.70. The number of aliphatic hydroxyl groups is 2. The number of H-pyrrole nitrogens is 1. The molecule has 0 saturated heterocycles. The number of hydrogen-bond acceptors (Lipinski definition) is 8. The van der Waals surface area contributed by atoms with Crippen LogP contribution in [0.4, 0.5) is 4.79 Å². The SMILES string of the molecule is C=CCOc1ccc2c(c1)C1C(CCCCO)C(CCCCO)C=C3C(=NOCC)CC(N(CCC)C(=O)NCc4cc5ccccc5[nH]4)C(OCC=C)(O2)C31. The van der Waals surface area contributed by atoms with E-state index >= 15 is 0 Å². The number of aromatic nitrogens is 1. The molecule has 3 aliphatic rings. The number of allylic oxidation sites excluding steroid dienone is 1. The van der Waals surface area contributed by atoms with Crippen molar-refractivity contribution in [3.8, 4) is 11.5 Å². The van der Waals surface area contributed by atoms with Crippen LogP contribution < -0.4 is 14.8 Å². The number of oxime groups is 1. The minimum Gasteiger partial charge on any atom is -0.490 e. The molecule has 11 heteroatoms. The molecule has 0 spiro atoms. The maximum atomic E-state index is 14.6.